The average molecular weight is 349 g/mol. The van der Waals surface area contributed by atoms with E-state index in [9.17, 15) is 8.42 Å². The number of hydrogen-bond donors (Lipinski definition) is 0. The molecule has 108 valence electrons. The van der Waals surface area contributed by atoms with Crippen LogP contribution in [-0.4, -0.2) is 51.9 Å². The molecule has 0 aliphatic carbocycles. The van der Waals surface area contributed by atoms with Gasteiger partial charge < -0.3 is 4.90 Å². The molecule has 0 fully saturated rings. The van der Waals surface area contributed by atoms with Crippen LogP contribution < -0.4 is 0 Å². The Morgan fingerprint density at radius 2 is 1.79 bits per heavy atom. The Morgan fingerprint density at radius 3 is 2.32 bits per heavy atom. The van der Waals surface area contributed by atoms with Crippen LogP contribution in [0.1, 0.15) is 12.0 Å². The highest BCUT2D eigenvalue weighted by atomic mass is 79.9. The second-order valence-corrected chi connectivity index (χ2v) is 7.79. The Kier molecular flexibility index (Phi) is 5.98. The lowest BCUT2D eigenvalue weighted by Crippen LogP contribution is -2.29. The van der Waals surface area contributed by atoms with Crippen molar-refractivity contribution >= 4 is 26.0 Å². The van der Waals surface area contributed by atoms with Crippen molar-refractivity contribution in [3.05, 3.63) is 28.2 Å². The molecule has 1 rings (SSSR count). The predicted octanol–water partition coefficient (Wildman–Crippen LogP) is 2.33. The number of halogens is 1. The van der Waals surface area contributed by atoms with Crippen molar-refractivity contribution < 1.29 is 8.42 Å². The van der Waals surface area contributed by atoms with E-state index in [2.05, 4.69) is 15.9 Å². The van der Waals surface area contributed by atoms with Gasteiger partial charge in [-0.25, -0.2) is 12.7 Å². The molecule has 4 nitrogen and oxygen atoms in total. The minimum atomic E-state index is -3.39. The molecule has 0 aliphatic rings. The first-order valence-corrected chi connectivity index (χ1v) is 8.35. The van der Waals surface area contributed by atoms with Crippen LogP contribution in [0.15, 0.2) is 27.6 Å². The van der Waals surface area contributed by atoms with Gasteiger partial charge in [-0.05, 0) is 51.7 Å². The van der Waals surface area contributed by atoms with Gasteiger partial charge in [-0.3, -0.25) is 0 Å². The third kappa shape index (κ3) is 4.56. The topological polar surface area (TPSA) is 40.6 Å². The van der Waals surface area contributed by atoms with E-state index >= 15 is 0 Å². The maximum Gasteiger partial charge on any atom is 0.242 e. The molecule has 0 bridgehead atoms. The fraction of sp³-hybridized carbons (Fsp3) is 0.538. The molecule has 0 unspecified atom stereocenters. The van der Waals surface area contributed by atoms with E-state index in [0.717, 1.165) is 23.0 Å². The highest BCUT2D eigenvalue weighted by Crippen LogP contribution is 2.22. The maximum atomic E-state index is 12.4. The largest absolute Gasteiger partial charge is 0.309 e. The minimum Gasteiger partial charge on any atom is -0.309 e. The van der Waals surface area contributed by atoms with E-state index in [4.69, 9.17) is 0 Å². The Morgan fingerprint density at radius 1 is 1.16 bits per heavy atom. The van der Waals surface area contributed by atoms with Crippen molar-refractivity contribution in [2.45, 2.75) is 18.2 Å². The zero-order chi connectivity index (χ0) is 14.6. The first-order chi connectivity index (χ1) is 8.75. The molecule has 6 heteroatoms. The van der Waals surface area contributed by atoms with Gasteiger partial charge in [0.15, 0.2) is 0 Å². The van der Waals surface area contributed by atoms with E-state index in [1.807, 2.05) is 32.0 Å². The molecule has 0 atom stereocenters. The summed E-state index contributed by atoms with van der Waals surface area (Å²) in [6.45, 7) is 3.32. The molecule has 19 heavy (non-hydrogen) atoms. The molecule has 1 aromatic rings. The summed E-state index contributed by atoms with van der Waals surface area (Å²) in [4.78, 5) is 2.38. The van der Waals surface area contributed by atoms with Gasteiger partial charge in [0, 0.05) is 18.1 Å². The summed E-state index contributed by atoms with van der Waals surface area (Å²) < 4.78 is 27.0. The monoisotopic (exact) mass is 348 g/mol. The molecule has 0 spiro atoms. The standard InChI is InChI=1S/C13H21BrN2O2S/c1-11-6-7-12(10-13(11)14)19(17,18)16(4)9-5-8-15(2)3/h6-7,10H,5,8-9H2,1-4H3. The van der Waals surface area contributed by atoms with E-state index in [1.165, 1.54) is 4.31 Å². The van der Waals surface area contributed by atoms with Gasteiger partial charge in [-0.15, -0.1) is 0 Å². The van der Waals surface area contributed by atoms with Gasteiger partial charge in [0.25, 0.3) is 0 Å². The Balaban J connectivity index is 2.81. The van der Waals surface area contributed by atoms with Gasteiger partial charge in [0.2, 0.25) is 10.0 Å². The van der Waals surface area contributed by atoms with Crippen LogP contribution in [0.25, 0.3) is 0 Å². The zero-order valence-electron chi connectivity index (χ0n) is 11.9. The average Bonchev–Trinajstić information content (AvgIpc) is 2.31. The number of rotatable bonds is 6. The first kappa shape index (κ1) is 16.6. The lowest BCUT2D eigenvalue weighted by atomic mass is 10.2. The Bertz CT molecular complexity index is 529. The predicted molar refractivity (Wildman–Crippen MR) is 81.9 cm³/mol. The summed E-state index contributed by atoms with van der Waals surface area (Å²) in [6, 6.07) is 5.12. The highest BCUT2D eigenvalue weighted by Gasteiger charge is 2.20. The van der Waals surface area contributed by atoms with Crippen molar-refractivity contribution in [3.63, 3.8) is 0 Å². The third-order valence-electron chi connectivity index (χ3n) is 2.93. The number of aryl methyl sites for hydroxylation is 1. The number of hydrogen-bond acceptors (Lipinski definition) is 3. The molecule has 0 aliphatic heterocycles. The van der Waals surface area contributed by atoms with Crippen molar-refractivity contribution in [1.82, 2.24) is 9.21 Å². The van der Waals surface area contributed by atoms with Gasteiger partial charge in [0.05, 0.1) is 4.90 Å². The normalized spacial score (nSPS) is 12.4. The van der Waals surface area contributed by atoms with Crippen LogP contribution in [0.2, 0.25) is 0 Å². The van der Waals surface area contributed by atoms with E-state index in [0.29, 0.717) is 11.4 Å². The number of benzene rings is 1. The molecular formula is C13H21BrN2O2S. The Labute approximate surface area is 124 Å². The summed E-state index contributed by atoms with van der Waals surface area (Å²) in [6.07, 6.45) is 0.815. The quantitative estimate of drug-likeness (QED) is 0.792. The number of nitrogens with zero attached hydrogens (tertiary/aromatic N) is 2. The SMILES string of the molecule is Cc1ccc(S(=O)(=O)N(C)CCCN(C)C)cc1Br. The van der Waals surface area contributed by atoms with Crippen LogP contribution in [0.3, 0.4) is 0 Å². The molecule has 1 aromatic carbocycles. The van der Waals surface area contributed by atoms with E-state index < -0.39 is 10.0 Å². The number of sulfonamides is 1. The minimum absolute atomic E-state index is 0.331. The second-order valence-electron chi connectivity index (χ2n) is 4.89. The summed E-state index contributed by atoms with van der Waals surface area (Å²) in [7, 11) is 2.19. The fourth-order valence-corrected chi connectivity index (χ4v) is 3.41. The van der Waals surface area contributed by atoms with Crippen molar-refractivity contribution in [2.24, 2.45) is 0 Å². The molecule has 0 saturated carbocycles. The molecule has 0 saturated heterocycles. The molecule has 0 aromatic heterocycles. The van der Waals surface area contributed by atoms with Gasteiger partial charge in [-0.1, -0.05) is 22.0 Å². The van der Waals surface area contributed by atoms with E-state index in [-0.39, 0.29) is 0 Å². The lowest BCUT2D eigenvalue weighted by Gasteiger charge is -2.18. The molecule has 0 N–H and O–H groups in total. The summed E-state index contributed by atoms with van der Waals surface area (Å²) in [5.74, 6) is 0. The summed E-state index contributed by atoms with van der Waals surface area (Å²) >= 11 is 3.37. The first-order valence-electron chi connectivity index (χ1n) is 6.12. The zero-order valence-corrected chi connectivity index (χ0v) is 14.3. The van der Waals surface area contributed by atoms with Gasteiger partial charge in [-0.2, -0.15) is 0 Å². The fourth-order valence-electron chi connectivity index (χ4n) is 1.64. The summed E-state index contributed by atoms with van der Waals surface area (Å²) in [5, 5.41) is 0. The van der Waals surface area contributed by atoms with Crippen LogP contribution in [0.4, 0.5) is 0 Å². The molecule has 0 radical (unpaired) electrons. The van der Waals surface area contributed by atoms with E-state index in [1.54, 1.807) is 19.2 Å². The lowest BCUT2D eigenvalue weighted by molar-refractivity contribution is 0.370. The second kappa shape index (κ2) is 6.83. The van der Waals surface area contributed by atoms with Gasteiger partial charge in [0.1, 0.15) is 0 Å². The van der Waals surface area contributed by atoms with Crippen LogP contribution in [-0.2, 0) is 10.0 Å². The third-order valence-corrected chi connectivity index (χ3v) is 5.64. The molecule has 0 heterocycles. The van der Waals surface area contributed by atoms with Crippen LogP contribution in [0, 0.1) is 6.92 Å². The van der Waals surface area contributed by atoms with Crippen molar-refractivity contribution in [2.75, 3.05) is 34.2 Å². The van der Waals surface area contributed by atoms with Crippen molar-refractivity contribution in [3.8, 4) is 0 Å². The van der Waals surface area contributed by atoms with Crippen LogP contribution >= 0.6 is 15.9 Å². The Hall–Kier alpha value is -0.430. The highest BCUT2D eigenvalue weighted by molar-refractivity contribution is 9.10. The summed E-state index contributed by atoms with van der Waals surface area (Å²) in [5.41, 5.74) is 1.02. The van der Waals surface area contributed by atoms with Gasteiger partial charge >= 0.3 is 0 Å². The van der Waals surface area contributed by atoms with Crippen molar-refractivity contribution in [1.29, 1.82) is 0 Å². The molecular weight excluding hydrogens is 328 g/mol. The van der Waals surface area contributed by atoms with Crippen LogP contribution in [0.5, 0.6) is 0 Å². The maximum absolute atomic E-state index is 12.4. The molecule has 0 amide bonds. The smallest absolute Gasteiger partial charge is 0.242 e.